The van der Waals surface area contributed by atoms with Crippen LogP contribution >= 0.6 is 139 Å². The minimum absolute atomic E-state index is 0.250. The van der Waals surface area contributed by atoms with Crippen molar-refractivity contribution in [2.24, 2.45) is 47.3 Å². The van der Waals surface area contributed by atoms with Crippen LogP contribution in [0, 0.1) is 47.3 Å². The Hall–Kier alpha value is -0.760. The number of hydrogen-bond donors (Lipinski definition) is 11. The van der Waals surface area contributed by atoms with Crippen LogP contribution in [0.3, 0.4) is 0 Å². The number of hydrogen-bond acceptors (Lipinski definition) is 12. The van der Waals surface area contributed by atoms with Crippen molar-refractivity contribution in [1.29, 1.82) is 0 Å². The molecular weight excluding hydrogens is 1660 g/mol. The van der Waals surface area contributed by atoms with Crippen molar-refractivity contribution in [3.63, 3.8) is 0 Å². The lowest BCUT2D eigenvalue weighted by molar-refractivity contribution is 0.105. The average molecular weight is 1780 g/mol. The van der Waals surface area contributed by atoms with E-state index in [4.69, 9.17) is 139 Å². The summed E-state index contributed by atoms with van der Waals surface area (Å²) >= 11 is 92.3. The minimum Gasteiger partial charge on any atom is -0.507 e. The Balaban J connectivity index is 1.22. The molecule has 0 aromatic heterocycles. The number of alkyl halides is 11. The molecule has 31 unspecified atom stereocenters. The van der Waals surface area contributed by atoms with Crippen LogP contribution in [-0.2, 0) is 43.3 Å². The molecule has 8 bridgehead atoms. The zero-order chi connectivity index (χ0) is 83.0. The zero-order valence-electron chi connectivity index (χ0n) is 69.5. The normalized spacial score (nSPS) is 39.7. The fourth-order valence-electron chi connectivity index (χ4n) is 21.7. The summed E-state index contributed by atoms with van der Waals surface area (Å²) in [6, 6.07) is 18.4. The monoisotopic (exact) mass is 1780 g/mol. The molecule has 11 N–H and O–H groups in total. The Morgan fingerprint density at radius 3 is 0.723 bits per heavy atom. The van der Waals surface area contributed by atoms with Gasteiger partial charge in [-0.15, -0.1) is 128 Å². The molecule has 13 rings (SSSR count). The second-order valence-electron chi connectivity index (χ2n) is 43.1. The molecular formula is C88H124Cl12N8O4. The van der Waals surface area contributed by atoms with Crippen LogP contribution in [0.15, 0.2) is 48.5 Å². The third kappa shape index (κ3) is 15.5. The van der Waals surface area contributed by atoms with Gasteiger partial charge >= 0.3 is 0 Å². The van der Waals surface area contributed by atoms with E-state index in [-0.39, 0.29) is 34.8 Å². The molecule has 9 aliphatic rings. The van der Waals surface area contributed by atoms with E-state index in [0.29, 0.717) is 6.42 Å². The lowest BCUT2D eigenvalue weighted by Gasteiger charge is -2.54. The average Bonchev–Trinajstić information content (AvgIpc) is 1.35. The van der Waals surface area contributed by atoms with Gasteiger partial charge in [0.25, 0.3) is 0 Å². The third-order valence-corrected chi connectivity index (χ3v) is 34.7. The van der Waals surface area contributed by atoms with Gasteiger partial charge in [0.05, 0.1) is 108 Å². The molecule has 24 heteroatoms. The van der Waals surface area contributed by atoms with Crippen LogP contribution in [0.25, 0.3) is 0 Å². The fourth-order valence-corrected chi connectivity index (χ4v) is 26.8. The van der Waals surface area contributed by atoms with E-state index in [1.165, 1.54) is 0 Å². The smallest absolute Gasteiger partial charge is 0.123 e. The summed E-state index contributed by atoms with van der Waals surface area (Å²) in [4.78, 5) is 0. The van der Waals surface area contributed by atoms with Crippen LogP contribution in [0.4, 0.5) is 0 Å². The maximum atomic E-state index is 13.2. The van der Waals surface area contributed by atoms with Gasteiger partial charge in [0.15, 0.2) is 0 Å². The highest BCUT2D eigenvalue weighted by Gasteiger charge is 2.68. The van der Waals surface area contributed by atoms with Gasteiger partial charge in [0.2, 0.25) is 0 Å². The van der Waals surface area contributed by atoms with Crippen molar-refractivity contribution in [3.8, 4) is 23.0 Å². The SMILES string of the molecule is CC(C)(C)c1cc(C2C(c3cc(C(C)(C)C)c(O)c(C(C)(C)C)c3)C(c3cc(C(C)(C)C)c(O)c(C(C)(C)C)c3)C3C4NC5NC(NC6C7C(Cl)C(Cl)C(Cl)C(Cl)C7C(NC7NC(NC(N4)C3C2c2cc(C(C)(C)C)c(O)c(C(C)(C)C)c2)C2CC(Cl)C(Cl)C(Cl)C72)N6Cl)C2C(Cl)C(Cl)C(Cl)C(Cl)C52)cc(C(C)(C)C)c1O. The highest BCUT2D eigenvalue weighted by atomic mass is 35.5. The molecule has 12 nitrogen and oxygen atoms in total. The van der Waals surface area contributed by atoms with Gasteiger partial charge in [-0.2, -0.15) is 4.42 Å². The maximum absolute atomic E-state index is 13.2. The van der Waals surface area contributed by atoms with Crippen LogP contribution < -0.4 is 37.2 Å². The Morgan fingerprint density at radius 1 is 0.259 bits per heavy atom. The molecule has 112 heavy (non-hydrogen) atoms. The van der Waals surface area contributed by atoms with Gasteiger partial charge in [-0.1, -0.05) is 215 Å². The first-order valence-corrected chi connectivity index (χ1v) is 45.8. The summed E-state index contributed by atoms with van der Waals surface area (Å²) in [5, 5.41) is 75.1. The van der Waals surface area contributed by atoms with Gasteiger partial charge in [0.1, 0.15) is 23.0 Å². The number of phenolic OH excluding ortho intramolecular Hbond substituents is 4. The predicted octanol–water partition coefficient (Wildman–Crippen LogP) is 20.6. The van der Waals surface area contributed by atoms with Crippen LogP contribution in [0.1, 0.15) is 263 Å². The number of rotatable bonds is 4. The zero-order valence-corrected chi connectivity index (χ0v) is 78.6. The van der Waals surface area contributed by atoms with Crippen molar-refractivity contribution in [2.75, 3.05) is 0 Å². The van der Waals surface area contributed by atoms with E-state index < -0.39 is 211 Å². The number of halogens is 12. The summed E-state index contributed by atoms with van der Waals surface area (Å²) in [6.07, 6.45) is -4.67. The van der Waals surface area contributed by atoms with Gasteiger partial charge in [-0.05, 0) is 158 Å². The van der Waals surface area contributed by atoms with E-state index in [2.05, 4.69) is 252 Å². The molecule has 0 spiro atoms. The number of benzene rings is 4. The molecule has 5 heterocycles. The van der Waals surface area contributed by atoms with Crippen molar-refractivity contribution in [1.82, 2.24) is 41.6 Å². The van der Waals surface area contributed by atoms with Gasteiger partial charge in [0, 0.05) is 41.4 Å². The first kappa shape index (κ1) is 89.0. The van der Waals surface area contributed by atoms with E-state index in [1.54, 1.807) is 4.42 Å². The van der Waals surface area contributed by atoms with Gasteiger partial charge in [-0.3, -0.25) is 37.2 Å². The molecule has 0 radical (unpaired) electrons. The van der Waals surface area contributed by atoms with Crippen LogP contribution in [-0.4, -0.2) is 133 Å². The van der Waals surface area contributed by atoms with Gasteiger partial charge < -0.3 is 20.4 Å². The van der Waals surface area contributed by atoms with E-state index in [9.17, 15) is 20.4 Å². The molecule has 4 aliphatic carbocycles. The topological polar surface area (TPSA) is 168 Å². The Labute approximate surface area is 728 Å². The third-order valence-electron chi connectivity index (χ3n) is 27.3. The summed E-state index contributed by atoms with van der Waals surface area (Å²) in [5.74, 6) is -4.64. The van der Waals surface area contributed by atoms with Crippen molar-refractivity contribution >= 4 is 139 Å². The second kappa shape index (κ2) is 30.6. The maximum Gasteiger partial charge on any atom is 0.123 e. The molecule has 4 saturated carbocycles. The quantitative estimate of drug-likeness (QED) is 0.0692. The number of aromatic hydroxyl groups is 4. The Morgan fingerprint density at radius 2 is 0.464 bits per heavy atom. The summed E-state index contributed by atoms with van der Waals surface area (Å²) in [7, 11) is 0. The second-order valence-corrected chi connectivity index (χ2v) is 49.1. The molecule has 9 fully saturated rings. The van der Waals surface area contributed by atoms with Crippen LogP contribution in [0.2, 0.25) is 0 Å². The Bertz CT molecular complexity index is 4050. The van der Waals surface area contributed by atoms with Crippen molar-refractivity contribution < 1.29 is 20.4 Å². The van der Waals surface area contributed by atoms with Gasteiger partial charge in [-0.25, -0.2) is 0 Å². The largest absolute Gasteiger partial charge is 0.507 e. The molecule has 4 aromatic carbocycles. The van der Waals surface area contributed by atoms with E-state index in [1.807, 2.05) is 0 Å². The summed E-state index contributed by atoms with van der Waals surface area (Å²) < 4.78 is 1.76. The molecule has 0 amide bonds. The van der Waals surface area contributed by atoms with E-state index in [0.717, 1.165) is 66.8 Å². The Kier molecular flexibility index (Phi) is 24.3. The fraction of sp³-hybridized carbons (Fsp3) is 0.727. The highest BCUT2D eigenvalue weighted by molar-refractivity contribution is 6.40. The van der Waals surface area contributed by atoms with E-state index >= 15 is 0 Å². The van der Waals surface area contributed by atoms with Crippen molar-refractivity contribution in [2.45, 2.75) is 348 Å². The molecule has 4 aromatic rings. The number of phenols is 4. The molecule has 31 atom stereocenters. The summed E-state index contributed by atoms with van der Waals surface area (Å²) in [6.45, 7) is 52.3. The molecule has 5 saturated heterocycles. The predicted molar refractivity (Wildman–Crippen MR) is 472 cm³/mol. The number of nitrogens with one attached hydrogen (secondary N) is 7. The lowest BCUT2D eigenvalue weighted by Crippen LogP contribution is -2.62. The minimum atomic E-state index is -0.776. The molecule has 624 valence electrons. The highest BCUT2D eigenvalue weighted by Crippen LogP contribution is 2.68. The van der Waals surface area contributed by atoms with Crippen molar-refractivity contribution in [3.05, 3.63) is 115 Å². The molecule has 5 aliphatic heterocycles. The van der Waals surface area contributed by atoms with Crippen LogP contribution in [0.5, 0.6) is 23.0 Å². The standard InChI is InChI=1S/C88H124Cl12N8O4/c1-81(2,3)39-25-34(26-40(69(39)109)82(4,5)6)48-49(35-27-41(83(7,8)9)70(110)42(28-35)84(10,11)12)51(37-31-45(87(19,20)21)72(112)46(32-37)88(22,23)24)54-53(50(48)36-29-43(85(13,14)15)71(111)44(30-36)86(16,17)18)75-102-73-38-33-47(89)59(90)60(91)52(38)74(101-73)106-79-57-58(64(95)68(99)67(98)63(57)94)80(108(79)100)107-78-56-55(77(105-78)104-76(54)103-75)61(92)65(96)66(97)62(56)93/h25-32,38,47-68,73-80,101-107,109-112H,33H2,1-24H3. The first-order chi connectivity index (χ1) is 51.3. The summed E-state index contributed by atoms with van der Waals surface area (Å²) in [5.41, 5.74) is 5.85. The number of fused-ring (bicyclic) bond motifs is 20. The lowest BCUT2D eigenvalue weighted by atomic mass is 9.50. The first-order valence-electron chi connectivity index (χ1n) is 40.6. The number of nitrogens with zero attached hydrogens (tertiary/aromatic N) is 1.